The summed E-state index contributed by atoms with van der Waals surface area (Å²) in [4.78, 5) is 36.9. The van der Waals surface area contributed by atoms with Crippen LogP contribution in [0.1, 0.15) is 36.2 Å². The van der Waals surface area contributed by atoms with Gasteiger partial charge < -0.3 is 4.90 Å². The first-order chi connectivity index (χ1) is 9.97. The molecule has 1 atom stereocenters. The van der Waals surface area contributed by atoms with Gasteiger partial charge in [-0.2, -0.15) is 5.26 Å². The van der Waals surface area contributed by atoms with Crippen LogP contribution in [-0.2, 0) is 9.59 Å². The van der Waals surface area contributed by atoms with Crippen LogP contribution in [0.15, 0.2) is 18.2 Å². The molecule has 1 unspecified atom stereocenters. The number of nitrogens with zero attached hydrogens (tertiary/aromatic N) is 2. The summed E-state index contributed by atoms with van der Waals surface area (Å²) in [5, 5.41) is 11.3. The Hall–Kier alpha value is -2.68. The van der Waals surface area contributed by atoms with Gasteiger partial charge in [-0.1, -0.05) is 6.92 Å². The topological polar surface area (TPSA) is 90.3 Å². The first kappa shape index (κ1) is 14.7. The maximum atomic E-state index is 11.9. The molecule has 0 spiro atoms. The van der Waals surface area contributed by atoms with E-state index in [2.05, 4.69) is 5.32 Å². The summed E-state index contributed by atoms with van der Waals surface area (Å²) >= 11 is 0. The van der Waals surface area contributed by atoms with Gasteiger partial charge in [0, 0.05) is 5.56 Å². The Kier molecular flexibility index (Phi) is 4.03. The van der Waals surface area contributed by atoms with E-state index in [1.165, 1.54) is 6.92 Å². The summed E-state index contributed by atoms with van der Waals surface area (Å²) in [5.74, 6) is -0.977. The number of hydrogen-bond donors (Lipinski definition) is 1. The van der Waals surface area contributed by atoms with E-state index in [1.807, 2.05) is 13.0 Å². The molecule has 1 aliphatic rings. The molecule has 0 aliphatic carbocycles. The summed E-state index contributed by atoms with van der Waals surface area (Å²) in [6.45, 7) is 3.23. The van der Waals surface area contributed by atoms with Crippen molar-refractivity contribution in [3.63, 3.8) is 0 Å². The van der Waals surface area contributed by atoms with Crippen molar-refractivity contribution in [3.8, 4) is 6.07 Å². The van der Waals surface area contributed by atoms with Crippen molar-refractivity contribution in [2.45, 2.75) is 26.3 Å². The number of Topliss-reactive ketones (excluding diaryl/α,β-unsaturated/α-hetero) is 1. The minimum absolute atomic E-state index is 0.0145. The van der Waals surface area contributed by atoms with Crippen LogP contribution < -0.4 is 10.2 Å². The van der Waals surface area contributed by atoms with Crippen LogP contribution in [-0.4, -0.2) is 30.2 Å². The summed E-state index contributed by atoms with van der Waals surface area (Å²) in [5.41, 5.74) is 1.23. The average molecular weight is 285 g/mol. The Balaban J connectivity index is 2.56. The third kappa shape index (κ3) is 2.77. The molecule has 6 nitrogen and oxygen atoms in total. The van der Waals surface area contributed by atoms with Gasteiger partial charge in [-0.25, -0.2) is 0 Å². The van der Waals surface area contributed by atoms with Crippen LogP contribution in [0.5, 0.6) is 0 Å². The first-order valence-electron chi connectivity index (χ1n) is 6.63. The second kappa shape index (κ2) is 5.75. The van der Waals surface area contributed by atoms with Crippen LogP contribution in [0.25, 0.3) is 0 Å². The van der Waals surface area contributed by atoms with Crippen molar-refractivity contribution >= 4 is 23.3 Å². The smallest absolute Gasteiger partial charge is 0.249 e. The molecule has 1 N–H and O–H groups in total. The highest BCUT2D eigenvalue weighted by Crippen LogP contribution is 2.27. The molecule has 1 saturated heterocycles. The highest BCUT2D eigenvalue weighted by Gasteiger charge is 2.34. The number of benzene rings is 1. The van der Waals surface area contributed by atoms with E-state index in [0.717, 1.165) is 0 Å². The molecule has 6 heteroatoms. The maximum Gasteiger partial charge on any atom is 0.249 e. The fraction of sp³-hybridized carbons (Fsp3) is 0.333. The lowest BCUT2D eigenvalue weighted by Crippen LogP contribution is -2.58. The molecule has 2 rings (SSSR count). The van der Waals surface area contributed by atoms with Crippen LogP contribution in [0.4, 0.5) is 5.69 Å². The van der Waals surface area contributed by atoms with Crippen molar-refractivity contribution in [2.24, 2.45) is 0 Å². The monoisotopic (exact) mass is 285 g/mol. The Morgan fingerprint density at radius 1 is 1.48 bits per heavy atom. The SMILES string of the molecule is CCC1C(=O)NC(=O)CN1c1cc(C#N)ccc1C(C)=O. The van der Waals surface area contributed by atoms with Crippen LogP contribution in [0, 0.1) is 11.3 Å². The molecule has 1 fully saturated rings. The minimum Gasteiger partial charge on any atom is -0.350 e. The van der Waals surface area contributed by atoms with Gasteiger partial charge in [0.05, 0.1) is 23.9 Å². The Labute approximate surface area is 122 Å². The molecule has 1 aromatic rings. The zero-order valence-corrected chi connectivity index (χ0v) is 11.8. The molecule has 1 aliphatic heterocycles. The summed E-state index contributed by atoms with van der Waals surface area (Å²) < 4.78 is 0. The van der Waals surface area contributed by atoms with E-state index >= 15 is 0 Å². The number of ketones is 1. The number of anilines is 1. The number of amides is 2. The Morgan fingerprint density at radius 3 is 2.76 bits per heavy atom. The fourth-order valence-electron chi connectivity index (χ4n) is 2.46. The average Bonchev–Trinajstić information content (AvgIpc) is 2.45. The summed E-state index contributed by atoms with van der Waals surface area (Å²) in [6, 6.07) is 6.12. The highest BCUT2D eigenvalue weighted by atomic mass is 16.2. The number of carbonyl (C=O) groups excluding carboxylic acids is 3. The number of hydrogen-bond acceptors (Lipinski definition) is 5. The van der Waals surface area contributed by atoms with Crippen molar-refractivity contribution in [2.75, 3.05) is 11.4 Å². The largest absolute Gasteiger partial charge is 0.350 e. The van der Waals surface area contributed by atoms with Gasteiger partial charge in [0.25, 0.3) is 0 Å². The van der Waals surface area contributed by atoms with E-state index in [9.17, 15) is 14.4 Å². The van der Waals surface area contributed by atoms with Gasteiger partial charge in [-0.15, -0.1) is 0 Å². The molecule has 108 valence electrons. The van der Waals surface area contributed by atoms with E-state index in [-0.39, 0.29) is 18.2 Å². The third-order valence-corrected chi connectivity index (χ3v) is 3.46. The molecule has 1 aromatic carbocycles. The molecule has 0 bridgehead atoms. The van der Waals surface area contributed by atoms with Gasteiger partial charge in [0.15, 0.2) is 5.78 Å². The Morgan fingerprint density at radius 2 is 2.19 bits per heavy atom. The number of imide groups is 1. The van der Waals surface area contributed by atoms with E-state index in [0.29, 0.717) is 23.2 Å². The molecule has 1 heterocycles. The normalized spacial score (nSPS) is 18.1. The maximum absolute atomic E-state index is 11.9. The van der Waals surface area contributed by atoms with Crippen molar-refractivity contribution in [1.82, 2.24) is 5.32 Å². The lowest BCUT2D eigenvalue weighted by Gasteiger charge is -2.36. The quantitative estimate of drug-likeness (QED) is 0.661. The fourth-order valence-corrected chi connectivity index (χ4v) is 2.46. The number of carbonyl (C=O) groups is 3. The second-order valence-electron chi connectivity index (χ2n) is 4.86. The van der Waals surface area contributed by atoms with Crippen molar-refractivity contribution in [1.29, 1.82) is 5.26 Å². The van der Waals surface area contributed by atoms with Crippen LogP contribution in [0.2, 0.25) is 0 Å². The second-order valence-corrected chi connectivity index (χ2v) is 4.86. The van der Waals surface area contributed by atoms with Gasteiger partial charge >= 0.3 is 0 Å². The van der Waals surface area contributed by atoms with Crippen molar-refractivity contribution in [3.05, 3.63) is 29.3 Å². The highest BCUT2D eigenvalue weighted by molar-refractivity contribution is 6.07. The zero-order chi connectivity index (χ0) is 15.6. The lowest BCUT2D eigenvalue weighted by atomic mass is 10.0. The van der Waals surface area contributed by atoms with E-state index < -0.39 is 11.9 Å². The molecule has 0 aromatic heterocycles. The molecular weight excluding hydrogens is 270 g/mol. The number of piperazine rings is 1. The molecule has 21 heavy (non-hydrogen) atoms. The van der Waals surface area contributed by atoms with Crippen LogP contribution in [0.3, 0.4) is 0 Å². The van der Waals surface area contributed by atoms with E-state index in [1.54, 1.807) is 23.1 Å². The first-order valence-corrected chi connectivity index (χ1v) is 6.63. The number of nitrogens with one attached hydrogen (secondary N) is 1. The molecule has 0 saturated carbocycles. The predicted octanol–water partition coefficient (Wildman–Crippen LogP) is 1.00. The van der Waals surface area contributed by atoms with Gasteiger partial charge in [0.2, 0.25) is 11.8 Å². The standard InChI is InChI=1S/C15H15N3O3/c1-3-12-15(21)17-14(20)8-18(12)13-6-10(7-16)4-5-11(13)9(2)19/h4-6,12H,3,8H2,1-2H3,(H,17,20,21). The third-order valence-electron chi connectivity index (χ3n) is 3.46. The lowest BCUT2D eigenvalue weighted by molar-refractivity contribution is -0.132. The zero-order valence-electron chi connectivity index (χ0n) is 11.8. The molecular formula is C15H15N3O3. The summed E-state index contributed by atoms with van der Waals surface area (Å²) in [6.07, 6.45) is 0.493. The Bertz CT molecular complexity index is 661. The number of nitriles is 1. The van der Waals surface area contributed by atoms with Gasteiger partial charge in [-0.3, -0.25) is 19.7 Å². The van der Waals surface area contributed by atoms with Crippen molar-refractivity contribution < 1.29 is 14.4 Å². The van der Waals surface area contributed by atoms with Gasteiger partial charge in [-0.05, 0) is 31.5 Å². The molecule has 0 radical (unpaired) electrons. The summed E-state index contributed by atoms with van der Waals surface area (Å²) in [7, 11) is 0. The predicted molar refractivity (Wildman–Crippen MR) is 75.7 cm³/mol. The molecule has 2 amide bonds. The van der Waals surface area contributed by atoms with E-state index in [4.69, 9.17) is 5.26 Å². The van der Waals surface area contributed by atoms with Crippen LogP contribution >= 0.6 is 0 Å². The number of rotatable bonds is 3. The van der Waals surface area contributed by atoms with Gasteiger partial charge in [0.1, 0.15) is 6.04 Å². The minimum atomic E-state index is -0.533.